The van der Waals surface area contributed by atoms with E-state index in [0.717, 1.165) is 33.7 Å². The van der Waals surface area contributed by atoms with E-state index < -0.39 is 0 Å². The van der Waals surface area contributed by atoms with Crippen molar-refractivity contribution < 1.29 is 4.92 Å². The van der Waals surface area contributed by atoms with Crippen LogP contribution in [0, 0.1) is 10.1 Å². The zero-order chi connectivity index (χ0) is 22.4. The fraction of sp³-hybridized carbons (Fsp3) is 0.0741. The Labute approximate surface area is 190 Å². The number of benzene rings is 4. The van der Waals surface area contributed by atoms with Gasteiger partial charge in [0.2, 0.25) is 0 Å². The summed E-state index contributed by atoms with van der Waals surface area (Å²) < 4.78 is 2.25. The standard InChI is InChI=1S/C27H20N4O2/c32-31(33)21-16-14-20(15-17-21)27-29(18-19-8-2-1-3-9-19)24-12-6-4-10-22(24)26-28-23-11-5-7-13-25(23)30(26)27/h1-17,27H,18H2/t27-/m1/s1. The fourth-order valence-corrected chi connectivity index (χ4v) is 4.72. The van der Waals surface area contributed by atoms with Crippen LogP contribution in [0.3, 0.4) is 0 Å². The van der Waals surface area contributed by atoms with Gasteiger partial charge in [0.1, 0.15) is 12.0 Å². The van der Waals surface area contributed by atoms with Crippen molar-refractivity contribution >= 4 is 22.4 Å². The lowest BCUT2D eigenvalue weighted by atomic mass is 10.0. The Morgan fingerprint density at radius 1 is 0.818 bits per heavy atom. The molecule has 6 nitrogen and oxygen atoms in total. The second kappa shape index (κ2) is 7.60. The molecule has 0 amide bonds. The molecule has 1 aliphatic rings. The van der Waals surface area contributed by atoms with Crippen molar-refractivity contribution in [3.05, 3.63) is 124 Å². The van der Waals surface area contributed by atoms with Crippen LogP contribution in [-0.2, 0) is 6.54 Å². The first kappa shape index (κ1) is 19.3. The number of fused-ring (bicyclic) bond motifs is 5. The number of hydrogen-bond acceptors (Lipinski definition) is 4. The SMILES string of the molecule is O=[N+]([O-])c1ccc([C@@H]2N(Cc3ccccc3)c3ccccc3-c3nc4ccccc4n32)cc1. The van der Waals surface area contributed by atoms with E-state index in [2.05, 4.69) is 39.8 Å². The average Bonchev–Trinajstić information content (AvgIpc) is 3.25. The Bertz CT molecular complexity index is 1480. The maximum absolute atomic E-state index is 11.3. The Hall–Kier alpha value is -4.45. The molecule has 0 spiro atoms. The summed E-state index contributed by atoms with van der Waals surface area (Å²) in [6.07, 6.45) is -0.205. The second-order valence-electron chi connectivity index (χ2n) is 8.15. The van der Waals surface area contributed by atoms with Crippen molar-refractivity contribution in [2.24, 2.45) is 0 Å². The van der Waals surface area contributed by atoms with Gasteiger partial charge in [-0.05, 0) is 47.5 Å². The predicted octanol–water partition coefficient (Wildman–Crippen LogP) is 6.18. The topological polar surface area (TPSA) is 64.2 Å². The van der Waals surface area contributed by atoms with Gasteiger partial charge in [0.05, 0.1) is 16.0 Å². The largest absolute Gasteiger partial charge is 0.342 e. The van der Waals surface area contributed by atoms with Gasteiger partial charge in [-0.2, -0.15) is 0 Å². The van der Waals surface area contributed by atoms with Crippen molar-refractivity contribution in [3.63, 3.8) is 0 Å². The highest BCUT2D eigenvalue weighted by molar-refractivity contribution is 5.87. The molecule has 6 rings (SSSR count). The summed E-state index contributed by atoms with van der Waals surface area (Å²) in [7, 11) is 0. The number of aromatic nitrogens is 2. The molecule has 0 radical (unpaired) electrons. The lowest BCUT2D eigenvalue weighted by Gasteiger charge is -2.40. The summed E-state index contributed by atoms with van der Waals surface area (Å²) in [5.74, 6) is 0.902. The molecule has 5 aromatic rings. The molecule has 0 unspecified atom stereocenters. The Morgan fingerprint density at radius 2 is 1.52 bits per heavy atom. The number of nitro benzene ring substituents is 1. The van der Waals surface area contributed by atoms with Gasteiger partial charge in [-0.1, -0.05) is 54.6 Å². The number of nitro groups is 1. The van der Waals surface area contributed by atoms with Crippen molar-refractivity contribution in [3.8, 4) is 11.4 Å². The summed E-state index contributed by atoms with van der Waals surface area (Å²) in [5.41, 5.74) is 6.36. The number of non-ortho nitro benzene ring substituents is 1. The van der Waals surface area contributed by atoms with Crippen molar-refractivity contribution in [2.75, 3.05) is 4.90 Å². The molecule has 1 aliphatic heterocycles. The molecule has 0 N–H and O–H groups in total. The van der Waals surface area contributed by atoms with E-state index >= 15 is 0 Å². The zero-order valence-electron chi connectivity index (χ0n) is 17.7. The first-order valence-corrected chi connectivity index (χ1v) is 10.8. The van der Waals surface area contributed by atoms with Crippen LogP contribution in [-0.4, -0.2) is 14.5 Å². The lowest BCUT2D eigenvalue weighted by Crippen LogP contribution is -2.36. The van der Waals surface area contributed by atoms with Gasteiger partial charge in [0, 0.05) is 29.9 Å². The summed E-state index contributed by atoms with van der Waals surface area (Å²) in [4.78, 5) is 18.2. The third kappa shape index (κ3) is 3.15. The summed E-state index contributed by atoms with van der Waals surface area (Å²) in [6.45, 7) is 0.686. The van der Waals surface area contributed by atoms with E-state index in [1.807, 2.05) is 60.7 Å². The lowest BCUT2D eigenvalue weighted by molar-refractivity contribution is -0.384. The fourth-order valence-electron chi connectivity index (χ4n) is 4.72. The molecular formula is C27H20N4O2. The molecule has 1 aromatic heterocycles. The number of rotatable bonds is 4. The number of hydrogen-bond donors (Lipinski definition) is 0. The zero-order valence-corrected chi connectivity index (χ0v) is 17.7. The van der Waals surface area contributed by atoms with Gasteiger partial charge in [-0.25, -0.2) is 4.98 Å². The van der Waals surface area contributed by atoms with Crippen LogP contribution >= 0.6 is 0 Å². The number of nitrogens with zero attached hydrogens (tertiary/aromatic N) is 4. The maximum atomic E-state index is 11.3. The molecule has 0 aliphatic carbocycles. The van der Waals surface area contributed by atoms with Gasteiger partial charge in [0.15, 0.2) is 0 Å². The molecule has 1 atom stereocenters. The van der Waals surface area contributed by atoms with Gasteiger partial charge in [-0.15, -0.1) is 0 Å². The molecule has 0 fully saturated rings. The number of para-hydroxylation sites is 3. The van der Waals surface area contributed by atoms with Crippen LogP contribution in [0.5, 0.6) is 0 Å². The molecule has 0 bridgehead atoms. The van der Waals surface area contributed by atoms with Crippen molar-refractivity contribution in [1.29, 1.82) is 0 Å². The molecular weight excluding hydrogens is 412 g/mol. The Kier molecular flexibility index (Phi) is 4.43. The first-order chi connectivity index (χ1) is 16.2. The van der Waals surface area contributed by atoms with E-state index in [9.17, 15) is 10.1 Å². The normalized spacial score (nSPS) is 14.7. The molecule has 0 saturated carbocycles. The van der Waals surface area contributed by atoms with E-state index in [1.54, 1.807) is 12.1 Å². The molecule has 6 heteroatoms. The second-order valence-corrected chi connectivity index (χ2v) is 8.15. The first-order valence-electron chi connectivity index (χ1n) is 10.8. The molecule has 160 valence electrons. The third-order valence-electron chi connectivity index (χ3n) is 6.19. The van der Waals surface area contributed by atoms with Crippen LogP contribution < -0.4 is 4.90 Å². The van der Waals surface area contributed by atoms with Gasteiger partial charge in [0.25, 0.3) is 5.69 Å². The molecule has 2 heterocycles. The third-order valence-corrected chi connectivity index (χ3v) is 6.19. The van der Waals surface area contributed by atoms with Gasteiger partial charge < -0.3 is 4.90 Å². The highest BCUT2D eigenvalue weighted by Gasteiger charge is 2.34. The van der Waals surface area contributed by atoms with Crippen molar-refractivity contribution in [1.82, 2.24) is 9.55 Å². The van der Waals surface area contributed by atoms with Crippen LogP contribution in [0.15, 0.2) is 103 Å². The quantitative estimate of drug-likeness (QED) is 0.251. The molecule has 4 aromatic carbocycles. The van der Waals surface area contributed by atoms with E-state index in [-0.39, 0.29) is 16.8 Å². The molecule has 33 heavy (non-hydrogen) atoms. The minimum absolute atomic E-state index is 0.0836. The smallest absolute Gasteiger partial charge is 0.269 e. The van der Waals surface area contributed by atoms with Gasteiger partial charge in [-0.3, -0.25) is 14.7 Å². The highest BCUT2D eigenvalue weighted by Crippen LogP contribution is 2.45. The number of imidazole rings is 1. The van der Waals surface area contributed by atoms with E-state index in [0.29, 0.717) is 6.54 Å². The van der Waals surface area contributed by atoms with Crippen LogP contribution in [0.4, 0.5) is 11.4 Å². The summed E-state index contributed by atoms with van der Waals surface area (Å²) in [6, 6.07) is 33.7. The Morgan fingerprint density at radius 3 is 2.30 bits per heavy atom. The van der Waals surface area contributed by atoms with Crippen molar-refractivity contribution in [2.45, 2.75) is 12.7 Å². The minimum Gasteiger partial charge on any atom is -0.342 e. The summed E-state index contributed by atoms with van der Waals surface area (Å²) in [5, 5.41) is 11.3. The van der Waals surface area contributed by atoms with Crippen LogP contribution in [0.2, 0.25) is 0 Å². The number of anilines is 1. The van der Waals surface area contributed by atoms with E-state index in [1.165, 1.54) is 5.56 Å². The Balaban J connectivity index is 1.61. The predicted molar refractivity (Wildman–Crippen MR) is 129 cm³/mol. The average molecular weight is 432 g/mol. The van der Waals surface area contributed by atoms with Crippen LogP contribution in [0.1, 0.15) is 17.3 Å². The maximum Gasteiger partial charge on any atom is 0.269 e. The van der Waals surface area contributed by atoms with Crippen LogP contribution in [0.25, 0.3) is 22.4 Å². The van der Waals surface area contributed by atoms with E-state index in [4.69, 9.17) is 4.98 Å². The summed E-state index contributed by atoms with van der Waals surface area (Å²) >= 11 is 0. The van der Waals surface area contributed by atoms with Gasteiger partial charge >= 0.3 is 0 Å². The monoisotopic (exact) mass is 432 g/mol. The minimum atomic E-state index is -0.361. The highest BCUT2D eigenvalue weighted by atomic mass is 16.6. The molecule has 0 saturated heterocycles.